The molecule has 0 saturated heterocycles. The molecule has 0 atom stereocenters. The standard InChI is InChI=1S/C15H13ClO3/c16-13-6-3-5-12(10-18)15(13)19-14-7-2-1-4-11(14)8-9-17/h1-7,10,17H,8-9H2. The number of halogens is 1. The summed E-state index contributed by atoms with van der Waals surface area (Å²) in [5.74, 6) is 0.928. The molecule has 0 fully saturated rings. The number of aldehydes is 1. The van der Waals surface area contributed by atoms with Crippen molar-refractivity contribution in [1.82, 2.24) is 0 Å². The van der Waals surface area contributed by atoms with Gasteiger partial charge >= 0.3 is 0 Å². The van der Waals surface area contributed by atoms with E-state index >= 15 is 0 Å². The van der Waals surface area contributed by atoms with Gasteiger partial charge in [-0.25, -0.2) is 0 Å². The zero-order valence-corrected chi connectivity index (χ0v) is 10.9. The van der Waals surface area contributed by atoms with Crippen LogP contribution < -0.4 is 4.74 Å². The lowest BCUT2D eigenvalue weighted by atomic mass is 10.1. The van der Waals surface area contributed by atoms with E-state index in [1.807, 2.05) is 18.2 Å². The Kier molecular flexibility index (Phi) is 4.55. The lowest BCUT2D eigenvalue weighted by molar-refractivity contribution is 0.112. The van der Waals surface area contributed by atoms with Gasteiger partial charge in [0.15, 0.2) is 12.0 Å². The molecule has 0 amide bonds. The van der Waals surface area contributed by atoms with Crippen LogP contribution in [0.1, 0.15) is 15.9 Å². The maximum atomic E-state index is 11.0. The van der Waals surface area contributed by atoms with E-state index < -0.39 is 0 Å². The van der Waals surface area contributed by atoms with Gasteiger partial charge in [-0.3, -0.25) is 4.79 Å². The lowest BCUT2D eigenvalue weighted by Gasteiger charge is -2.13. The molecule has 0 spiro atoms. The fourth-order valence-electron chi connectivity index (χ4n) is 1.77. The molecule has 3 nitrogen and oxygen atoms in total. The maximum absolute atomic E-state index is 11.0. The summed E-state index contributed by atoms with van der Waals surface area (Å²) in [5.41, 5.74) is 1.26. The number of aliphatic hydroxyl groups excluding tert-OH is 1. The summed E-state index contributed by atoms with van der Waals surface area (Å²) in [6, 6.07) is 12.3. The van der Waals surface area contributed by atoms with E-state index in [1.165, 1.54) is 0 Å². The molecule has 2 aromatic rings. The van der Waals surface area contributed by atoms with Gasteiger partial charge in [-0.15, -0.1) is 0 Å². The fourth-order valence-corrected chi connectivity index (χ4v) is 1.99. The third-order valence-electron chi connectivity index (χ3n) is 2.69. The Labute approximate surface area is 116 Å². The molecule has 0 aliphatic carbocycles. The SMILES string of the molecule is O=Cc1cccc(Cl)c1Oc1ccccc1CCO. The van der Waals surface area contributed by atoms with Gasteiger partial charge in [-0.05, 0) is 30.2 Å². The fraction of sp³-hybridized carbons (Fsp3) is 0.133. The Morgan fingerprint density at radius 2 is 1.95 bits per heavy atom. The molecule has 2 rings (SSSR count). The highest BCUT2D eigenvalue weighted by Gasteiger charge is 2.11. The summed E-state index contributed by atoms with van der Waals surface area (Å²) in [6.45, 7) is 0.0312. The third kappa shape index (κ3) is 3.13. The second-order valence-electron chi connectivity index (χ2n) is 3.96. The number of rotatable bonds is 5. The van der Waals surface area contributed by atoms with Gasteiger partial charge in [0.05, 0.1) is 10.6 Å². The summed E-state index contributed by atoms with van der Waals surface area (Å²) in [7, 11) is 0. The van der Waals surface area contributed by atoms with Gasteiger partial charge in [0.25, 0.3) is 0 Å². The van der Waals surface area contributed by atoms with Crippen molar-refractivity contribution in [3.8, 4) is 11.5 Å². The zero-order valence-electron chi connectivity index (χ0n) is 10.2. The molecule has 0 aliphatic heterocycles. The van der Waals surface area contributed by atoms with Crippen molar-refractivity contribution in [2.75, 3.05) is 6.61 Å². The smallest absolute Gasteiger partial charge is 0.156 e. The molecule has 4 heteroatoms. The molecule has 0 bridgehead atoms. The largest absolute Gasteiger partial charge is 0.455 e. The first kappa shape index (κ1) is 13.6. The second-order valence-corrected chi connectivity index (χ2v) is 4.37. The van der Waals surface area contributed by atoms with Crippen LogP contribution in [0.15, 0.2) is 42.5 Å². The first-order valence-electron chi connectivity index (χ1n) is 5.86. The first-order valence-corrected chi connectivity index (χ1v) is 6.24. The Balaban J connectivity index is 2.39. The van der Waals surface area contributed by atoms with Crippen molar-refractivity contribution in [3.63, 3.8) is 0 Å². The van der Waals surface area contributed by atoms with Crippen molar-refractivity contribution >= 4 is 17.9 Å². The number of carbonyl (C=O) groups excluding carboxylic acids is 1. The van der Waals surface area contributed by atoms with Crippen LogP contribution in [-0.4, -0.2) is 18.0 Å². The van der Waals surface area contributed by atoms with E-state index in [4.69, 9.17) is 21.4 Å². The molecule has 0 aromatic heterocycles. The second kappa shape index (κ2) is 6.36. The normalized spacial score (nSPS) is 10.2. The average molecular weight is 277 g/mol. The van der Waals surface area contributed by atoms with Crippen LogP contribution in [0.4, 0.5) is 0 Å². The summed E-state index contributed by atoms with van der Waals surface area (Å²) in [6.07, 6.45) is 1.19. The number of para-hydroxylation sites is 2. The van der Waals surface area contributed by atoms with E-state index in [0.29, 0.717) is 34.8 Å². The van der Waals surface area contributed by atoms with Gasteiger partial charge in [-0.2, -0.15) is 0 Å². The molecular weight excluding hydrogens is 264 g/mol. The third-order valence-corrected chi connectivity index (χ3v) is 2.99. The monoisotopic (exact) mass is 276 g/mol. The molecule has 0 unspecified atom stereocenters. The Morgan fingerprint density at radius 1 is 1.16 bits per heavy atom. The molecule has 98 valence electrons. The Bertz CT molecular complexity index is 581. The Hall–Kier alpha value is -1.84. The number of ether oxygens (including phenoxy) is 1. The summed E-state index contributed by atoms with van der Waals surface area (Å²) in [4.78, 5) is 11.0. The lowest BCUT2D eigenvalue weighted by Crippen LogP contribution is -1.97. The molecule has 2 aromatic carbocycles. The molecular formula is C15H13ClO3. The topological polar surface area (TPSA) is 46.5 Å². The van der Waals surface area contributed by atoms with Crippen LogP contribution in [0.25, 0.3) is 0 Å². The van der Waals surface area contributed by atoms with Gasteiger partial charge < -0.3 is 9.84 Å². The minimum atomic E-state index is 0.0312. The molecule has 0 radical (unpaired) electrons. The number of benzene rings is 2. The van der Waals surface area contributed by atoms with Crippen molar-refractivity contribution < 1.29 is 14.6 Å². The predicted octanol–water partition coefficient (Wildman–Crippen LogP) is 3.48. The molecule has 0 heterocycles. The van der Waals surface area contributed by atoms with E-state index in [2.05, 4.69) is 0 Å². The van der Waals surface area contributed by atoms with Crippen molar-refractivity contribution in [2.24, 2.45) is 0 Å². The van der Waals surface area contributed by atoms with Crippen LogP contribution >= 0.6 is 11.6 Å². The van der Waals surface area contributed by atoms with Gasteiger partial charge in [-0.1, -0.05) is 35.9 Å². The van der Waals surface area contributed by atoms with E-state index in [0.717, 1.165) is 5.56 Å². The number of hydrogen-bond donors (Lipinski definition) is 1. The van der Waals surface area contributed by atoms with Crippen LogP contribution in [0.3, 0.4) is 0 Å². The van der Waals surface area contributed by atoms with Gasteiger partial charge in [0.1, 0.15) is 5.75 Å². The molecule has 0 saturated carbocycles. The highest BCUT2D eigenvalue weighted by atomic mass is 35.5. The van der Waals surface area contributed by atoms with Crippen molar-refractivity contribution in [2.45, 2.75) is 6.42 Å². The maximum Gasteiger partial charge on any atom is 0.156 e. The molecule has 1 N–H and O–H groups in total. The van der Waals surface area contributed by atoms with Crippen LogP contribution in [0.2, 0.25) is 5.02 Å². The highest BCUT2D eigenvalue weighted by molar-refractivity contribution is 6.32. The molecule has 19 heavy (non-hydrogen) atoms. The minimum Gasteiger partial charge on any atom is -0.455 e. The van der Waals surface area contributed by atoms with E-state index in [-0.39, 0.29) is 6.61 Å². The number of hydrogen-bond acceptors (Lipinski definition) is 3. The van der Waals surface area contributed by atoms with Gasteiger partial charge in [0.2, 0.25) is 0 Å². The molecule has 0 aliphatic rings. The van der Waals surface area contributed by atoms with Crippen LogP contribution in [0, 0.1) is 0 Å². The highest BCUT2D eigenvalue weighted by Crippen LogP contribution is 2.33. The van der Waals surface area contributed by atoms with E-state index in [1.54, 1.807) is 24.3 Å². The number of carbonyl (C=O) groups is 1. The Morgan fingerprint density at radius 3 is 2.68 bits per heavy atom. The quantitative estimate of drug-likeness (QED) is 0.851. The van der Waals surface area contributed by atoms with Crippen molar-refractivity contribution in [3.05, 3.63) is 58.6 Å². The number of aliphatic hydroxyl groups is 1. The zero-order chi connectivity index (χ0) is 13.7. The predicted molar refractivity (Wildman–Crippen MR) is 74.1 cm³/mol. The average Bonchev–Trinajstić information content (AvgIpc) is 2.43. The van der Waals surface area contributed by atoms with Gasteiger partial charge in [0, 0.05) is 6.61 Å². The summed E-state index contributed by atoms with van der Waals surface area (Å²) < 4.78 is 5.74. The van der Waals surface area contributed by atoms with Crippen molar-refractivity contribution in [1.29, 1.82) is 0 Å². The van der Waals surface area contributed by atoms with E-state index in [9.17, 15) is 4.79 Å². The summed E-state index contributed by atoms with van der Waals surface area (Å²) in [5, 5.41) is 9.41. The first-order chi connectivity index (χ1) is 9.26. The van der Waals surface area contributed by atoms with Crippen LogP contribution in [0.5, 0.6) is 11.5 Å². The summed E-state index contributed by atoms with van der Waals surface area (Å²) >= 11 is 6.05. The minimum absolute atomic E-state index is 0.0312. The van der Waals surface area contributed by atoms with Crippen LogP contribution in [-0.2, 0) is 6.42 Å².